The van der Waals surface area contributed by atoms with Gasteiger partial charge in [-0.2, -0.15) is 0 Å². The molecule has 0 aliphatic carbocycles. The summed E-state index contributed by atoms with van der Waals surface area (Å²) in [6.07, 6.45) is 2.27. The lowest BCUT2D eigenvalue weighted by Gasteiger charge is -2.15. The summed E-state index contributed by atoms with van der Waals surface area (Å²) in [5, 5.41) is 0. The van der Waals surface area contributed by atoms with Gasteiger partial charge in [0.1, 0.15) is 0 Å². The summed E-state index contributed by atoms with van der Waals surface area (Å²) in [5.41, 5.74) is 8.70. The van der Waals surface area contributed by atoms with E-state index in [0.29, 0.717) is 6.04 Å². The Morgan fingerprint density at radius 3 is 2.47 bits per heavy atom. The lowest BCUT2D eigenvalue weighted by Crippen LogP contribution is -2.26. The fourth-order valence-corrected chi connectivity index (χ4v) is 2.14. The van der Waals surface area contributed by atoms with E-state index in [0.717, 1.165) is 32.5 Å². The fourth-order valence-electron chi connectivity index (χ4n) is 2.14. The molecule has 1 aliphatic heterocycles. The molecule has 2 rings (SSSR count). The van der Waals surface area contributed by atoms with E-state index in [-0.39, 0.29) is 0 Å². The van der Waals surface area contributed by atoms with E-state index in [4.69, 9.17) is 5.73 Å². The van der Waals surface area contributed by atoms with Crippen molar-refractivity contribution in [2.45, 2.75) is 32.4 Å². The van der Waals surface area contributed by atoms with Gasteiger partial charge in [-0.1, -0.05) is 31.2 Å². The maximum atomic E-state index is 5.88. The predicted molar refractivity (Wildman–Crippen MR) is 63.7 cm³/mol. The van der Waals surface area contributed by atoms with Crippen LogP contribution in [0.5, 0.6) is 0 Å². The molecule has 1 atom stereocenters. The van der Waals surface area contributed by atoms with Crippen molar-refractivity contribution < 1.29 is 0 Å². The number of hydrogen-bond donors (Lipinski definition) is 1. The maximum absolute atomic E-state index is 5.88. The first-order valence-corrected chi connectivity index (χ1v) is 5.83. The molecule has 2 nitrogen and oxygen atoms in total. The number of aryl methyl sites for hydroxylation is 1. The van der Waals surface area contributed by atoms with Crippen LogP contribution in [0.25, 0.3) is 0 Å². The Morgan fingerprint density at radius 2 is 1.93 bits per heavy atom. The van der Waals surface area contributed by atoms with E-state index in [2.05, 4.69) is 36.1 Å². The number of benzene rings is 1. The van der Waals surface area contributed by atoms with Gasteiger partial charge in [0.05, 0.1) is 0 Å². The summed E-state index contributed by atoms with van der Waals surface area (Å²) in [6, 6.07) is 9.32. The van der Waals surface area contributed by atoms with E-state index in [1.54, 1.807) is 0 Å². The highest BCUT2D eigenvalue weighted by Gasteiger charge is 2.18. The van der Waals surface area contributed by atoms with Gasteiger partial charge < -0.3 is 5.73 Å². The van der Waals surface area contributed by atoms with Gasteiger partial charge in [0.25, 0.3) is 0 Å². The minimum atomic E-state index is 0.389. The molecule has 1 fully saturated rings. The maximum Gasteiger partial charge on any atom is 0.0234 e. The average Bonchev–Trinajstić information content (AvgIpc) is 2.65. The molecular weight excluding hydrogens is 184 g/mol. The Labute approximate surface area is 92.1 Å². The third-order valence-corrected chi connectivity index (χ3v) is 3.15. The minimum absolute atomic E-state index is 0.389. The normalized spacial score (nSPS) is 22.1. The Morgan fingerprint density at radius 1 is 1.27 bits per heavy atom. The van der Waals surface area contributed by atoms with Crippen LogP contribution in [0.3, 0.4) is 0 Å². The minimum Gasteiger partial charge on any atom is -0.326 e. The number of likely N-dealkylation sites (tertiary alicyclic amines) is 1. The van der Waals surface area contributed by atoms with Gasteiger partial charge in [-0.3, -0.25) is 4.90 Å². The lowest BCUT2D eigenvalue weighted by atomic mass is 10.1. The van der Waals surface area contributed by atoms with Gasteiger partial charge in [-0.15, -0.1) is 0 Å². The molecule has 1 saturated heterocycles. The molecule has 0 radical (unpaired) electrons. The van der Waals surface area contributed by atoms with Crippen LogP contribution < -0.4 is 5.73 Å². The van der Waals surface area contributed by atoms with E-state index in [1.165, 1.54) is 11.1 Å². The molecule has 82 valence electrons. The van der Waals surface area contributed by atoms with Crippen LogP contribution >= 0.6 is 0 Å². The summed E-state index contributed by atoms with van der Waals surface area (Å²) < 4.78 is 0. The molecule has 0 amide bonds. The first-order chi connectivity index (χ1) is 7.28. The van der Waals surface area contributed by atoms with Crippen molar-refractivity contribution >= 4 is 0 Å². The summed E-state index contributed by atoms with van der Waals surface area (Å²) in [6.45, 7) is 5.44. The molecule has 1 heterocycles. The summed E-state index contributed by atoms with van der Waals surface area (Å²) >= 11 is 0. The molecule has 15 heavy (non-hydrogen) atoms. The Hall–Kier alpha value is -0.860. The second kappa shape index (κ2) is 4.77. The Kier molecular flexibility index (Phi) is 3.39. The molecule has 0 saturated carbocycles. The van der Waals surface area contributed by atoms with Crippen LogP contribution in [0.15, 0.2) is 24.3 Å². The summed E-state index contributed by atoms with van der Waals surface area (Å²) in [4.78, 5) is 2.44. The number of nitrogens with two attached hydrogens (primary N) is 1. The first kappa shape index (κ1) is 10.7. The highest BCUT2D eigenvalue weighted by Crippen LogP contribution is 2.13. The number of nitrogens with zero attached hydrogens (tertiary/aromatic N) is 1. The van der Waals surface area contributed by atoms with E-state index >= 15 is 0 Å². The van der Waals surface area contributed by atoms with Crippen molar-refractivity contribution in [2.24, 2.45) is 5.73 Å². The lowest BCUT2D eigenvalue weighted by molar-refractivity contribution is 0.327. The van der Waals surface area contributed by atoms with E-state index in [1.807, 2.05) is 0 Å². The largest absolute Gasteiger partial charge is 0.326 e. The van der Waals surface area contributed by atoms with Crippen molar-refractivity contribution in [1.82, 2.24) is 4.90 Å². The molecule has 0 bridgehead atoms. The zero-order valence-electron chi connectivity index (χ0n) is 9.45. The monoisotopic (exact) mass is 204 g/mol. The second-order valence-electron chi connectivity index (χ2n) is 4.45. The number of rotatable bonds is 3. The average molecular weight is 204 g/mol. The van der Waals surface area contributed by atoms with Crippen molar-refractivity contribution in [3.05, 3.63) is 35.4 Å². The van der Waals surface area contributed by atoms with Crippen molar-refractivity contribution in [3.8, 4) is 0 Å². The first-order valence-electron chi connectivity index (χ1n) is 5.83. The van der Waals surface area contributed by atoms with Crippen LogP contribution in [-0.4, -0.2) is 24.0 Å². The fraction of sp³-hybridized carbons (Fsp3) is 0.538. The quantitative estimate of drug-likeness (QED) is 0.813. The van der Waals surface area contributed by atoms with E-state index in [9.17, 15) is 0 Å². The summed E-state index contributed by atoms with van der Waals surface area (Å²) in [7, 11) is 0. The standard InChI is InChI=1S/C13H20N2/c1-2-11-3-5-12(6-4-11)9-15-8-7-13(14)10-15/h3-6,13H,2,7-10,14H2,1H3/t13-/m1/s1. The van der Waals surface area contributed by atoms with Crippen LogP contribution in [-0.2, 0) is 13.0 Å². The molecule has 2 heteroatoms. The van der Waals surface area contributed by atoms with E-state index < -0.39 is 0 Å². The van der Waals surface area contributed by atoms with Gasteiger partial charge >= 0.3 is 0 Å². The highest BCUT2D eigenvalue weighted by atomic mass is 15.2. The molecule has 2 N–H and O–H groups in total. The van der Waals surface area contributed by atoms with Gasteiger partial charge in [0, 0.05) is 25.7 Å². The summed E-state index contributed by atoms with van der Waals surface area (Å²) in [5.74, 6) is 0. The van der Waals surface area contributed by atoms with Crippen molar-refractivity contribution in [1.29, 1.82) is 0 Å². The SMILES string of the molecule is CCc1ccc(CN2CC[C@@H](N)C2)cc1. The molecule has 1 aromatic rings. The van der Waals surface area contributed by atoms with Crippen molar-refractivity contribution in [3.63, 3.8) is 0 Å². The molecule has 0 spiro atoms. The third-order valence-electron chi connectivity index (χ3n) is 3.15. The van der Waals surface area contributed by atoms with Gasteiger partial charge in [0.15, 0.2) is 0 Å². The Bertz CT molecular complexity index is 305. The van der Waals surface area contributed by atoms with Crippen LogP contribution in [0, 0.1) is 0 Å². The zero-order chi connectivity index (χ0) is 10.7. The molecule has 0 aromatic heterocycles. The highest BCUT2D eigenvalue weighted by molar-refractivity contribution is 5.22. The topological polar surface area (TPSA) is 29.3 Å². The van der Waals surface area contributed by atoms with Gasteiger partial charge in [0.2, 0.25) is 0 Å². The predicted octanol–water partition coefficient (Wildman–Crippen LogP) is 1.78. The number of hydrogen-bond acceptors (Lipinski definition) is 2. The van der Waals surface area contributed by atoms with Crippen LogP contribution in [0.2, 0.25) is 0 Å². The molecule has 0 unspecified atom stereocenters. The van der Waals surface area contributed by atoms with Crippen molar-refractivity contribution in [2.75, 3.05) is 13.1 Å². The molecule has 1 aliphatic rings. The smallest absolute Gasteiger partial charge is 0.0234 e. The van der Waals surface area contributed by atoms with Gasteiger partial charge in [-0.05, 0) is 24.0 Å². The zero-order valence-corrected chi connectivity index (χ0v) is 9.45. The van der Waals surface area contributed by atoms with Crippen LogP contribution in [0.4, 0.5) is 0 Å². The second-order valence-corrected chi connectivity index (χ2v) is 4.45. The van der Waals surface area contributed by atoms with Crippen LogP contribution in [0.1, 0.15) is 24.5 Å². The Balaban J connectivity index is 1.93. The molecule has 1 aromatic carbocycles. The van der Waals surface area contributed by atoms with Gasteiger partial charge in [-0.25, -0.2) is 0 Å². The molecular formula is C13H20N2. The third kappa shape index (κ3) is 2.80.